The molecule has 8 heteroatoms. The molecule has 0 bridgehead atoms. The third-order valence-corrected chi connectivity index (χ3v) is 4.45. The lowest BCUT2D eigenvalue weighted by Gasteiger charge is -2.26. The van der Waals surface area contributed by atoms with E-state index in [4.69, 9.17) is 0 Å². The van der Waals surface area contributed by atoms with Gasteiger partial charge in [-0.25, -0.2) is 4.98 Å². The van der Waals surface area contributed by atoms with Gasteiger partial charge in [-0.2, -0.15) is 9.61 Å². The Kier molecular flexibility index (Phi) is 3.93. The monoisotopic (exact) mass is 318 g/mol. The van der Waals surface area contributed by atoms with Gasteiger partial charge in [-0.05, 0) is 33.9 Å². The molecule has 0 saturated carbocycles. The zero-order valence-corrected chi connectivity index (χ0v) is 14.0. The summed E-state index contributed by atoms with van der Waals surface area (Å²) >= 11 is 0. The fourth-order valence-electron chi connectivity index (χ4n) is 3.14. The first kappa shape index (κ1) is 15.7. The molecule has 0 fully saturated rings. The predicted octanol–water partition coefficient (Wildman–Crippen LogP) is 1.86. The minimum atomic E-state index is -0.413. The second-order valence-corrected chi connectivity index (χ2v) is 6.32. The summed E-state index contributed by atoms with van der Waals surface area (Å²) in [4.78, 5) is 19.8. The summed E-state index contributed by atoms with van der Waals surface area (Å²) in [6.07, 6.45) is 3.21. The molecule has 1 aliphatic rings. The van der Waals surface area contributed by atoms with Crippen LogP contribution in [-0.2, 0) is 13.0 Å². The van der Waals surface area contributed by atoms with Gasteiger partial charge in [-0.3, -0.25) is 10.1 Å². The van der Waals surface area contributed by atoms with E-state index in [9.17, 15) is 10.1 Å². The topological polar surface area (TPSA) is 79.8 Å². The largest absolute Gasteiger partial charge is 0.353 e. The normalized spacial score (nSPS) is 15.4. The molecular formula is C15H22N6O2. The van der Waals surface area contributed by atoms with Crippen molar-refractivity contribution in [3.05, 3.63) is 27.6 Å². The van der Waals surface area contributed by atoms with Gasteiger partial charge < -0.3 is 9.80 Å². The van der Waals surface area contributed by atoms with Gasteiger partial charge in [0.15, 0.2) is 0 Å². The quantitative estimate of drug-likeness (QED) is 0.618. The molecule has 0 saturated heterocycles. The lowest BCUT2D eigenvalue weighted by molar-refractivity contribution is -0.383. The molecule has 0 aliphatic carbocycles. The maximum atomic E-state index is 11.3. The Labute approximate surface area is 134 Å². The third-order valence-electron chi connectivity index (χ3n) is 4.45. The molecule has 23 heavy (non-hydrogen) atoms. The Hall–Kier alpha value is -2.22. The van der Waals surface area contributed by atoms with Crippen molar-refractivity contribution < 1.29 is 4.92 Å². The van der Waals surface area contributed by atoms with Crippen molar-refractivity contribution in [3.8, 4) is 0 Å². The Bertz CT molecular complexity index is 754. The fraction of sp³-hybridized carbons (Fsp3) is 0.600. The Morgan fingerprint density at radius 2 is 2.22 bits per heavy atom. The summed E-state index contributed by atoms with van der Waals surface area (Å²) in [6.45, 7) is 5.88. The summed E-state index contributed by atoms with van der Waals surface area (Å²) in [5.74, 6) is 0.967. The van der Waals surface area contributed by atoms with Crippen LogP contribution >= 0.6 is 0 Å². The summed E-state index contributed by atoms with van der Waals surface area (Å²) in [7, 11) is 3.95. The maximum Gasteiger partial charge on any atom is 0.333 e. The van der Waals surface area contributed by atoms with Gasteiger partial charge >= 0.3 is 5.69 Å². The molecule has 124 valence electrons. The summed E-state index contributed by atoms with van der Waals surface area (Å²) in [6, 6.07) is 0.359. The van der Waals surface area contributed by atoms with E-state index < -0.39 is 4.92 Å². The minimum absolute atomic E-state index is 0.0381. The van der Waals surface area contributed by atoms with E-state index in [2.05, 4.69) is 28.8 Å². The van der Waals surface area contributed by atoms with E-state index in [1.807, 2.05) is 19.0 Å². The average Bonchev–Trinajstić information content (AvgIpc) is 3.09. The van der Waals surface area contributed by atoms with Crippen LogP contribution in [0.4, 0.5) is 11.5 Å². The van der Waals surface area contributed by atoms with Crippen LogP contribution in [0.1, 0.15) is 31.5 Å². The molecule has 0 aromatic carbocycles. The molecular weight excluding hydrogens is 296 g/mol. The molecule has 1 atom stereocenters. The molecule has 1 aliphatic heterocycles. The van der Waals surface area contributed by atoms with E-state index in [-0.39, 0.29) is 5.69 Å². The first-order valence-electron chi connectivity index (χ1n) is 7.89. The zero-order valence-electron chi connectivity index (χ0n) is 14.0. The Morgan fingerprint density at radius 3 is 2.83 bits per heavy atom. The van der Waals surface area contributed by atoms with Crippen molar-refractivity contribution in [2.45, 2.75) is 39.3 Å². The van der Waals surface area contributed by atoms with Gasteiger partial charge in [0, 0.05) is 24.7 Å². The number of anilines is 1. The lowest BCUT2D eigenvalue weighted by Crippen LogP contribution is -2.32. The number of nitro groups is 1. The maximum absolute atomic E-state index is 11.3. The van der Waals surface area contributed by atoms with Crippen molar-refractivity contribution in [1.82, 2.24) is 19.5 Å². The molecule has 2 aromatic rings. The fourth-order valence-corrected chi connectivity index (χ4v) is 3.14. The molecule has 3 rings (SSSR count). The first-order valence-corrected chi connectivity index (χ1v) is 7.89. The second-order valence-electron chi connectivity index (χ2n) is 6.32. The molecule has 0 amide bonds. The summed E-state index contributed by atoms with van der Waals surface area (Å²) < 4.78 is 1.64. The molecule has 8 nitrogen and oxygen atoms in total. The zero-order chi connectivity index (χ0) is 16.7. The van der Waals surface area contributed by atoms with E-state index in [1.165, 1.54) is 6.20 Å². The smallest absolute Gasteiger partial charge is 0.333 e. The second kappa shape index (κ2) is 5.77. The summed E-state index contributed by atoms with van der Waals surface area (Å²) in [5.41, 5.74) is 2.36. The highest BCUT2D eigenvalue weighted by Crippen LogP contribution is 2.35. The molecule has 3 heterocycles. The first-order chi connectivity index (χ1) is 10.9. The van der Waals surface area contributed by atoms with E-state index in [0.717, 1.165) is 36.5 Å². The van der Waals surface area contributed by atoms with E-state index >= 15 is 0 Å². The van der Waals surface area contributed by atoms with Gasteiger partial charge in [-0.1, -0.05) is 6.92 Å². The van der Waals surface area contributed by atoms with Crippen LogP contribution in [0.3, 0.4) is 0 Å². The Balaban J connectivity index is 2.25. The van der Waals surface area contributed by atoms with Crippen molar-refractivity contribution in [3.63, 3.8) is 0 Å². The van der Waals surface area contributed by atoms with Crippen molar-refractivity contribution in [1.29, 1.82) is 0 Å². The SMILES string of the molecule is CCC(C)N1CCc2c(CN(C)C)nc3c([N+](=O)[O-])cnn3c21. The molecule has 2 aromatic heterocycles. The highest BCUT2D eigenvalue weighted by atomic mass is 16.6. The van der Waals surface area contributed by atoms with Crippen LogP contribution in [0.15, 0.2) is 6.20 Å². The predicted molar refractivity (Wildman–Crippen MR) is 87.8 cm³/mol. The highest BCUT2D eigenvalue weighted by Gasteiger charge is 2.32. The van der Waals surface area contributed by atoms with E-state index in [1.54, 1.807) is 4.52 Å². The number of nitrogens with zero attached hydrogens (tertiary/aromatic N) is 6. The van der Waals surface area contributed by atoms with E-state index in [0.29, 0.717) is 18.2 Å². The summed E-state index contributed by atoms with van der Waals surface area (Å²) in [5, 5.41) is 15.5. The highest BCUT2D eigenvalue weighted by molar-refractivity contribution is 5.67. The molecule has 1 unspecified atom stereocenters. The van der Waals surface area contributed by atoms with Crippen LogP contribution in [0.5, 0.6) is 0 Å². The van der Waals surface area contributed by atoms with Gasteiger partial charge in [0.25, 0.3) is 0 Å². The van der Waals surface area contributed by atoms with Crippen LogP contribution in [0.2, 0.25) is 0 Å². The molecule has 0 radical (unpaired) electrons. The molecule has 0 N–H and O–H groups in total. The number of fused-ring (bicyclic) bond motifs is 3. The standard InChI is InChI=1S/C15H22N6O2/c1-5-10(2)19-7-6-11-12(9-18(3)4)17-14-13(21(22)23)8-16-20(14)15(11)19/h8,10H,5-7,9H2,1-4H3. The molecule has 0 spiro atoms. The van der Waals surface area contributed by atoms with Crippen LogP contribution in [0.25, 0.3) is 5.65 Å². The van der Waals surface area contributed by atoms with Crippen LogP contribution < -0.4 is 4.90 Å². The number of aromatic nitrogens is 3. The van der Waals surface area contributed by atoms with Crippen molar-refractivity contribution in [2.24, 2.45) is 0 Å². The number of rotatable bonds is 5. The minimum Gasteiger partial charge on any atom is -0.353 e. The lowest BCUT2D eigenvalue weighted by atomic mass is 10.1. The van der Waals surface area contributed by atoms with Gasteiger partial charge in [0.1, 0.15) is 12.0 Å². The van der Waals surface area contributed by atoms with Gasteiger partial charge in [-0.15, -0.1) is 0 Å². The number of hydrogen-bond donors (Lipinski definition) is 0. The average molecular weight is 318 g/mol. The van der Waals surface area contributed by atoms with Crippen LogP contribution in [0, 0.1) is 10.1 Å². The Morgan fingerprint density at radius 1 is 1.48 bits per heavy atom. The van der Waals surface area contributed by atoms with Crippen molar-refractivity contribution >= 4 is 17.2 Å². The van der Waals surface area contributed by atoms with Crippen LogP contribution in [-0.4, -0.2) is 51.1 Å². The number of hydrogen-bond acceptors (Lipinski definition) is 6. The van der Waals surface area contributed by atoms with Gasteiger partial charge in [0.2, 0.25) is 5.65 Å². The van der Waals surface area contributed by atoms with Gasteiger partial charge in [0.05, 0.1) is 10.6 Å². The van der Waals surface area contributed by atoms with Crippen molar-refractivity contribution in [2.75, 3.05) is 25.5 Å². The third kappa shape index (κ3) is 2.52.